The molecule has 0 unspecified atom stereocenters. The van der Waals surface area contributed by atoms with E-state index in [9.17, 15) is 4.79 Å². The van der Waals surface area contributed by atoms with E-state index in [-0.39, 0.29) is 6.61 Å². The highest BCUT2D eigenvalue weighted by Gasteiger charge is 1.98. The van der Waals surface area contributed by atoms with E-state index < -0.39 is 5.91 Å². The monoisotopic (exact) mass is 233 g/mol. The predicted octanol–water partition coefficient (Wildman–Crippen LogP) is 0.554. The van der Waals surface area contributed by atoms with Crippen LogP contribution in [-0.4, -0.2) is 19.1 Å². The van der Waals surface area contributed by atoms with E-state index in [0.717, 1.165) is 5.56 Å². The molecule has 0 radical (unpaired) electrons. The number of carbonyl (C=O) groups excluding carboxylic acids is 1. The lowest BCUT2D eigenvalue weighted by Crippen LogP contribution is -2.20. The number of hydrogen-bond donors (Lipinski definition) is 2. The molecule has 5 nitrogen and oxygen atoms in total. The van der Waals surface area contributed by atoms with Gasteiger partial charge in [-0.05, 0) is 17.7 Å². The maximum absolute atomic E-state index is 10.5. The van der Waals surface area contributed by atoms with Crippen LogP contribution in [-0.2, 0) is 11.3 Å². The van der Waals surface area contributed by atoms with Gasteiger partial charge in [0.15, 0.2) is 6.61 Å². The van der Waals surface area contributed by atoms with Gasteiger partial charge in [0.05, 0.1) is 6.07 Å². The summed E-state index contributed by atoms with van der Waals surface area (Å²) in [6.45, 7) is 1.27. The number of amides is 1. The molecule has 5 heteroatoms. The van der Waals surface area contributed by atoms with E-state index >= 15 is 0 Å². The second-order valence-corrected chi connectivity index (χ2v) is 3.48. The van der Waals surface area contributed by atoms with Crippen LogP contribution >= 0.6 is 0 Å². The van der Waals surface area contributed by atoms with Crippen molar-refractivity contribution in [1.29, 1.82) is 5.26 Å². The molecule has 0 aliphatic rings. The number of rotatable bonds is 7. The minimum absolute atomic E-state index is 0.111. The quantitative estimate of drug-likeness (QED) is 0.673. The summed E-state index contributed by atoms with van der Waals surface area (Å²) < 4.78 is 5.13. The summed E-state index contributed by atoms with van der Waals surface area (Å²) in [6.07, 6.45) is 0.500. The zero-order valence-corrected chi connectivity index (χ0v) is 9.48. The van der Waals surface area contributed by atoms with E-state index in [0.29, 0.717) is 25.3 Å². The van der Waals surface area contributed by atoms with Gasteiger partial charge >= 0.3 is 0 Å². The summed E-state index contributed by atoms with van der Waals surface area (Å²) in [6, 6.07) is 9.43. The molecule has 0 heterocycles. The van der Waals surface area contributed by atoms with E-state index in [4.69, 9.17) is 15.7 Å². The van der Waals surface area contributed by atoms with Crippen LogP contribution in [0.1, 0.15) is 12.0 Å². The molecule has 17 heavy (non-hydrogen) atoms. The maximum Gasteiger partial charge on any atom is 0.255 e. The normalized spacial score (nSPS) is 9.59. The topological polar surface area (TPSA) is 88.1 Å². The largest absolute Gasteiger partial charge is 0.484 e. The number of ether oxygens (including phenoxy) is 1. The number of nitrogens with two attached hydrogens (primary N) is 1. The zero-order chi connectivity index (χ0) is 12.5. The summed E-state index contributed by atoms with van der Waals surface area (Å²) in [5.74, 6) is 0.122. The van der Waals surface area contributed by atoms with Gasteiger partial charge in [-0.25, -0.2) is 0 Å². The zero-order valence-electron chi connectivity index (χ0n) is 9.48. The first-order valence-corrected chi connectivity index (χ1v) is 5.30. The Labute approximate surface area is 100 Å². The lowest BCUT2D eigenvalue weighted by atomic mass is 10.2. The number of carbonyl (C=O) groups is 1. The van der Waals surface area contributed by atoms with Crippen LogP contribution in [0.15, 0.2) is 24.3 Å². The third-order valence-corrected chi connectivity index (χ3v) is 2.05. The van der Waals surface area contributed by atoms with Crippen LogP contribution in [0.5, 0.6) is 5.75 Å². The summed E-state index contributed by atoms with van der Waals surface area (Å²) in [5.41, 5.74) is 6.06. The van der Waals surface area contributed by atoms with E-state index in [2.05, 4.69) is 11.4 Å². The van der Waals surface area contributed by atoms with Crippen molar-refractivity contribution in [3.63, 3.8) is 0 Å². The molecule has 0 saturated heterocycles. The van der Waals surface area contributed by atoms with Gasteiger partial charge in [0.1, 0.15) is 5.75 Å². The van der Waals surface area contributed by atoms with Crippen molar-refractivity contribution in [2.45, 2.75) is 13.0 Å². The molecule has 0 fully saturated rings. The molecule has 0 spiro atoms. The molecule has 1 amide bonds. The fourth-order valence-electron chi connectivity index (χ4n) is 1.24. The molecule has 1 rings (SSSR count). The van der Waals surface area contributed by atoms with Crippen LogP contribution in [0.2, 0.25) is 0 Å². The van der Waals surface area contributed by atoms with Crippen molar-refractivity contribution in [2.24, 2.45) is 5.73 Å². The van der Waals surface area contributed by atoms with E-state index in [1.807, 2.05) is 12.1 Å². The van der Waals surface area contributed by atoms with Crippen molar-refractivity contribution < 1.29 is 9.53 Å². The fraction of sp³-hybridized carbons (Fsp3) is 0.333. The SMILES string of the molecule is N#CCCNCc1ccc(OCC(N)=O)cc1. The van der Waals surface area contributed by atoms with Gasteiger partial charge in [0, 0.05) is 19.5 Å². The predicted molar refractivity (Wildman–Crippen MR) is 63.1 cm³/mol. The molecule has 0 aromatic heterocycles. The Balaban J connectivity index is 2.34. The smallest absolute Gasteiger partial charge is 0.255 e. The van der Waals surface area contributed by atoms with Gasteiger partial charge in [0.25, 0.3) is 5.91 Å². The molecule has 1 aromatic rings. The first-order chi connectivity index (χ1) is 8.22. The highest BCUT2D eigenvalue weighted by Crippen LogP contribution is 2.11. The average molecular weight is 233 g/mol. The van der Waals surface area contributed by atoms with Crippen LogP contribution in [0, 0.1) is 11.3 Å². The number of benzene rings is 1. The van der Waals surface area contributed by atoms with Gasteiger partial charge in [-0.3, -0.25) is 4.79 Å². The van der Waals surface area contributed by atoms with Crippen molar-refractivity contribution in [2.75, 3.05) is 13.2 Å². The number of hydrogen-bond acceptors (Lipinski definition) is 4. The first-order valence-electron chi connectivity index (χ1n) is 5.30. The number of nitrogens with zero attached hydrogens (tertiary/aromatic N) is 1. The maximum atomic E-state index is 10.5. The number of nitrogens with one attached hydrogen (secondary N) is 1. The summed E-state index contributed by atoms with van der Waals surface area (Å²) in [5, 5.41) is 11.5. The third kappa shape index (κ3) is 5.54. The fourth-order valence-corrected chi connectivity index (χ4v) is 1.24. The van der Waals surface area contributed by atoms with Gasteiger partial charge in [0.2, 0.25) is 0 Å². The Hall–Kier alpha value is -2.06. The summed E-state index contributed by atoms with van der Waals surface area (Å²) in [4.78, 5) is 10.5. The van der Waals surface area contributed by atoms with E-state index in [1.165, 1.54) is 0 Å². The molecule has 0 saturated carbocycles. The standard InChI is InChI=1S/C12H15N3O2/c13-6-1-7-15-8-10-2-4-11(5-3-10)17-9-12(14)16/h2-5,15H,1,7-9H2,(H2,14,16). The Morgan fingerprint density at radius 1 is 1.41 bits per heavy atom. The Bertz CT molecular complexity index is 395. The summed E-state index contributed by atoms with van der Waals surface area (Å²) in [7, 11) is 0. The first kappa shape index (κ1) is 13.0. The highest BCUT2D eigenvalue weighted by atomic mass is 16.5. The molecule has 0 atom stereocenters. The molecule has 0 aliphatic heterocycles. The van der Waals surface area contributed by atoms with Crippen molar-refractivity contribution >= 4 is 5.91 Å². The molecule has 1 aromatic carbocycles. The minimum Gasteiger partial charge on any atom is -0.484 e. The van der Waals surface area contributed by atoms with Crippen LogP contribution < -0.4 is 15.8 Å². The third-order valence-electron chi connectivity index (χ3n) is 2.05. The molecular weight excluding hydrogens is 218 g/mol. The van der Waals surface area contributed by atoms with Gasteiger partial charge in [-0.15, -0.1) is 0 Å². The molecule has 0 aliphatic carbocycles. The van der Waals surface area contributed by atoms with Gasteiger partial charge < -0.3 is 15.8 Å². The lowest BCUT2D eigenvalue weighted by molar-refractivity contribution is -0.119. The highest BCUT2D eigenvalue weighted by molar-refractivity contribution is 5.75. The Morgan fingerprint density at radius 2 is 2.12 bits per heavy atom. The van der Waals surface area contributed by atoms with Gasteiger partial charge in [-0.1, -0.05) is 12.1 Å². The Kier molecular flexibility index (Phi) is 5.55. The van der Waals surface area contributed by atoms with Crippen LogP contribution in [0.4, 0.5) is 0 Å². The van der Waals surface area contributed by atoms with Gasteiger partial charge in [-0.2, -0.15) is 5.26 Å². The molecule has 0 bridgehead atoms. The number of primary amides is 1. The number of nitriles is 1. The molecule has 90 valence electrons. The average Bonchev–Trinajstić information content (AvgIpc) is 2.33. The van der Waals surface area contributed by atoms with Crippen molar-refractivity contribution in [3.05, 3.63) is 29.8 Å². The lowest BCUT2D eigenvalue weighted by Gasteiger charge is -2.06. The Morgan fingerprint density at radius 3 is 2.71 bits per heavy atom. The van der Waals surface area contributed by atoms with Crippen LogP contribution in [0.3, 0.4) is 0 Å². The second-order valence-electron chi connectivity index (χ2n) is 3.48. The van der Waals surface area contributed by atoms with Crippen LogP contribution in [0.25, 0.3) is 0 Å². The van der Waals surface area contributed by atoms with Crippen molar-refractivity contribution in [3.8, 4) is 11.8 Å². The van der Waals surface area contributed by atoms with E-state index in [1.54, 1.807) is 12.1 Å². The summed E-state index contributed by atoms with van der Waals surface area (Å²) >= 11 is 0. The second kappa shape index (κ2) is 7.25. The molecule has 3 N–H and O–H groups in total. The van der Waals surface area contributed by atoms with Crippen molar-refractivity contribution in [1.82, 2.24) is 5.32 Å². The molecular formula is C12H15N3O2. The minimum atomic E-state index is -0.493.